The van der Waals surface area contributed by atoms with Gasteiger partial charge in [-0.15, -0.1) is 5.10 Å². The first kappa shape index (κ1) is 13.0. The Hall–Kier alpha value is -2.44. The Morgan fingerprint density at radius 2 is 2.21 bits per heavy atom. The molecule has 100 valence electrons. The van der Waals surface area contributed by atoms with Gasteiger partial charge in [-0.2, -0.15) is 0 Å². The van der Waals surface area contributed by atoms with Crippen molar-refractivity contribution >= 4 is 5.97 Å². The van der Waals surface area contributed by atoms with Gasteiger partial charge in [0, 0.05) is 6.20 Å². The van der Waals surface area contributed by atoms with Crippen molar-refractivity contribution in [3.05, 3.63) is 42.0 Å². The molecule has 0 atom stereocenters. The van der Waals surface area contributed by atoms with E-state index in [2.05, 4.69) is 10.3 Å². The van der Waals surface area contributed by atoms with Crippen LogP contribution in [-0.2, 0) is 17.8 Å². The van der Waals surface area contributed by atoms with Gasteiger partial charge in [0.25, 0.3) is 0 Å². The van der Waals surface area contributed by atoms with E-state index in [0.717, 1.165) is 0 Å². The van der Waals surface area contributed by atoms with Gasteiger partial charge < -0.3 is 9.84 Å². The average Bonchev–Trinajstić information content (AvgIpc) is 2.78. The average molecular weight is 265 g/mol. The van der Waals surface area contributed by atoms with Crippen LogP contribution in [0.2, 0.25) is 0 Å². The number of hydrogen-bond acceptors (Lipinski definition) is 4. The van der Waals surface area contributed by atoms with E-state index in [0.29, 0.717) is 12.2 Å². The van der Waals surface area contributed by atoms with Gasteiger partial charge in [0.2, 0.25) is 0 Å². The van der Waals surface area contributed by atoms with Gasteiger partial charge in [0.15, 0.2) is 11.6 Å². The third-order valence-corrected chi connectivity index (χ3v) is 2.33. The molecular formula is C12H12FN3O3. The molecule has 7 heteroatoms. The van der Waals surface area contributed by atoms with Gasteiger partial charge in [-0.05, 0) is 12.1 Å². The lowest BCUT2D eigenvalue weighted by atomic mass is 10.3. The van der Waals surface area contributed by atoms with Crippen molar-refractivity contribution < 1.29 is 19.0 Å². The lowest BCUT2D eigenvalue weighted by Gasteiger charge is -2.06. The van der Waals surface area contributed by atoms with E-state index >= 15 is 0 Å². The second-order valence-electron chi connectivity index (χ2n) is 3.82. The smallest absolute Gasteiger partial charge is 0.309 e. The Bertz CT molecular complexity index is 571. The quantitative estimate of drug-likeness (QED) is 0.847. The number of carbonyl (C=O) groups is 1. The van der Waals surface area contributed by atoms with Crippen LogP contribution in [0.3, 0.4) is 0 Å². The van der Waals surface area contributed by atoms with Crippen LogP contribution in [-0.4, -0.2) is 32.7 Å². The number of aromatic nitrogens is 3. The molecule has 6 nitrogen and oxygen atoms in total. The maximum atomic E-state index is 13.2. The van der Waals surface area contributed by atoms with E-state index in [1.807, 2.05) is 0 Å². The number of halogens is 1. The maximum Gasteiger partial charge on any atom is 0.309 e. The van der Waals surface area contributed by atoms with Crippen LogP contribution in [0.25, 0.3) is 0 Å². The van der Waals surface area contributed by atoms with E-state index in [-0.39, 0.29) is 18.8 Å². The van der Waals surface area contributed by atoms with Crippen LogP contribution in [0.1, 0.15) is 5.69 Å². The van der Waals surface area contributed by atoms with Crippen molar-refractivity contribution in [2.75, 3.05) is 6.61 Å². The summed E-state index contributed by atoms with van der Waals surface area (Å²) in [5.74, 6) is -1.21. The van der Waals surface area contributed by atoms with Gasteiger partial charge in [0.1, 0.15) is 6.61 Å². The lowest BCUT2D eigenvalue weighted by Crippen LogP contribution is -2.09. The highest BCUT2D eigenvalue weighted by Crippen LogP contribution is 2.15. The molecule has 0 aliphatic carbocycles. The molecule has 0 radical (unpaired) electrons. The molecule has 0 aliphatic heterocycles. The Morgan fingerprint density at radius 1 is 1.42 bits per heavy atom. The number of ether oxygens (including phenoxy) is 1. The predicted octanol–water partition coefficient (Wildman–Crippen LogP) is 1.12. The first-order valence-electron chi connectivity index (χ1n) is 5.63. The summed E-state index contributed by atoms with van der Waals surface area (Å²) in [5.41, 5.74) is 0.374. The first-order chi connectivity index (χ1) is 9.15. The van der Waals surface area contributed by atoms with E-state index in [9.17, 15) is 9.18 Å². The monoisotopic (exact) mass is 265 g/mol. The zero-order chi connectivity index (χ0) is 13.7. The molecule has 2 aromatic rings. The molecule has 0 unspecified atom stereocenters. The molecule has 2 rings (SSSR count). The molecule has 1 aromatic heterocycles. The van der Waals surface area contributed by atoms with Gasteiger partial charge in [-0.3, -0.25) is 4.79 Å². The van der Waals surface area contributed by atoms with Crippen molar-refractivity contribution in [2.24, 2.45) is 0 Å². The Labute approximate surface area is 108 Å². The van der Waals surface area contributed by atoms with Crippen LogP contribution >= 0.6 is 0 Å². The van der Waals surface area contributed by atoms with Crippen molar-refractivity contribution in [3.8, 4) is 5.75 Å². The molecule has 0 bridgehead atoms. The van der Waals surface area contributed by atoms with Crippen LogP contribution in [0.5, 0.6) is 5.75 Å². The summed E-state index contributed by atoms with van der Waals surface area (Å²) >= 11 is 0. The summed E-state index contributed by atoms with van der Waals surface area (Å²) in [6.45, 7) is 0.581. The first-order valence-corrected chi connectivity index (χ1v) is 5.63. The fourth-order valence-electron chi connectivity index (χ4n) is 1.49. The minimum absolute atomic E-state index is 0.172. The summed E-state index contributed by atoms with van der Waals surface area (Å²) in [4.78, 5) is 10.5. The Balaban J connectivity index is 1.84. The van der Waals surface area contributed by atoms with Crippen LogP contribution in [0, 0.1) is 5.82 Å². The number of nitrogens with zero attached hydrogens (tertiary/aromatic N) is 3. The third-order valence-electron chi connectivity index (χ3n) is 2.33. The molecule has 0 saturated heterocycles. The van der Waals surface area contributed by atoms with E-state index in [1.165, 1.54) is 23.0 Å². The molecular weight excluding hydrogens is 253 g/mol. The number of rotatable bonds is 6. The zero-order valence-electron chi connectivity index (χ0n) is 9.99. The van der Waals surface area contributed by atoms with E-state index < -0.39 is 11.8 Å². The van der Waals surface area contributed by atoms with Crippen LogP contribution in [0.4, 0.5) is 4.39 Å². The lowest BCUT2D eigenvalue weighted by molar-refractivity contribution is -0.136. The number of carboxylic acids is 1. The Kier molecular flexibility index (Phi) is 4.07. The highest BCUT2D eigenvalue weighted by atomic mass is 19.1. The Morgan fingerprint density at radius 3 is 2.95 bits per heavy atom. The largest absolute Gasteiger partial charge is 0.489 e. The molecule has 1 heterocycles. The van der Waals surface area contributed by atoms with E-state index in [4.69, 9.17) is 9.84 Å². The predicted molar refractivity (Wildman–Crippen MR) is 63.3 cm³/mol. The van der Waals surface area contributed by atoms with E-state index in [1.54, 1.807) is 12.1 Å². The minimum Gasteiger partial charge on any atom is -0.489 e. The van der Waals surface area contributed by atoms with Crippen molar-refractivity contribution in [1.82, 2.24) is 15.0 Å². The topological polar surface area (TPSA) is 77.2 Å². The van der Waals surface area contributed by atoms with Crippen molar-refractivity contribution in [3.63, 3.8) is 0 Å². The molecule has 0 spiro atoms. The summed E-state index contributed by atoms with van der Waals surface area (Å²) in [6.07, 6.45) is 1.35. The van der Waals surface area contributed by atoms with Gasteiger partial charge in [0.05, 0.1) is 18.7 Å². The fourth-order valence-corrected chi connectivity index (χ4v) is 1.49. The molecule has 0 amide bonds. The molecule has 0 saturated carbocycles. The number of aliphatic carboxylic acids is 1. The summed E-state index contributed by atoms with van der Waals surface area (Å²) in [6, 6.07) is 6.11. The normalized spacial score (nSPS) is 10.4. The maximum absolute atomic E-state index is 13.2. The SMILES string of the molecule is O=C(O)Cc1cn(CCOc2ccccc2F)nn1. The molecule has 0 fully saturated rings. The van der Waals surface area contributed by atoms with Gasteiger partial charge in [-0.25, -0.2) is 9.07 Å². The second kappa shape index (κ2) is 5.94. The molecule has 1 aromatic carbocycles. The number of hydrogen-bond donors (Lipinski definition) is 1. The number of carboxylic acid groups (broad SMARTS) is 1. The van der Waals surface area contributed by atoms with Crippen LogP contribution in [0.15, 0.2) is 30.5 Å². The fraction of sp³-hybridized carbons (Fsp3) is 0.250. The summed E-state index contributed by atoms with van der Waals surface area (Å²) in [7, 11) is 0. The molecule has 19 heavy (non-hydrogen) atoms. The third kappa shape index (κ3) is 3.77. The van der Waals surface area contributed by atoms with Crippen molar-refractivity contribution in [2.45, 2.75) is 13.0 Å². The number of para-hydroxylation sites is 1. The highest BCUT2D eigenvalue weighted by molar-refractivity contribution is 5.69. The summed E-state index contributed by atoms with van der Waals surface area (Å²) in [5, 5.41) is 16.0. The minimum atomic E-state index is -0.963. The molecule has 0 aliphatic rings. The second-order valence-corrected chi connectivity index (χ2v) is 3.82. The standard InChI is InChI=1S/C12H12FN3O3/c13-10-3-1-2-4-11(10)19-6-5-16-8-9(14-15-16)7-12(17)18/h1-4,8H,5-7H2,(H,17,18). The summed E-state index contributed by atoms with van der Waals surface area (Å²) < 4.78 is 19.9. The highest BCUT2D eigenvalue weighted by Gasteiger charge is 2.06. The zero-order valence-corrected chi connectivity index (χ0v) is 9.99. The number of benzene rings is 1. The van der Waals surface area contributed by atoms with Gasteiger partial charge >= 0.3 is 5.97 Å². The molecule has 1 N–H and O–H groups in total. The van der Waals surface area contributed by atoms with Gasteiger partial charge in [-0.1, -0.05) is 17.3 Å². The van der Waals surface area contributed by atoms with Crippen LogP contribution < -0.4 is 4.74 Å². The van der Waals surface area contributed by atoms with Crippen molar-refractivity contribution in [1.29, 1.82) is 0 Å².